The molecule has 0 aliphatic heterocycles. The van der Waals surface area contributed by atoms with Gasteiger partial charge in [-0.25, -0.2) is 4.98 Å². The molecule has 2 aromatic carbocycles. The van der Waals surface area contributed by atoms with Crippen molar-refractivity contribution < 1.29 is 0 Å². The first-order chi connectivity index (χ1) is 9.77. The first-order valence-electron chi connectivity index (χ1n) is 6.19. The summed E-state index contributed by atoms with van der Waals surface area (Å²) >= 11 is 9.48. The van der Waals surface area contributed by atoms with Crippen LogP contribution < -0.4 is 0 Å². The summed E-state index contributed by atoms with van der Waals surface area (Å²) in [4.78, 5) is 4.41. The second kappa shape index (κ2) is 5.61. The van der Waals surface area contributed by atoms with Crippen molar-refractivity contribution >= 4 is 29.0 Å². The highest BCUT2D eigenvalue weighted by Crippen LogP contribution is 2.25. The molecule has 0 bridgehead atoms. The van der Waals surface area contributed by atoms with Crippen LogP contribution in [0.2, 0.25) is 0 Å². The molecule has 20 heavy (non-hydrogen) atoms. The van der Waals surface area contributed by atoms with Crippen molar-refractivity contribution in [3.63, 3.8) is 0 Å². The van der Waals surface area contributed by atoms with Crippen LogP contribution in [0.25, 0.3) is 16.9 Å². The highest BCUT2D eigenvalue weighted by atomic mass is 32.1. The second-order valence-corrected chi connectivity index (χ2v) is 5.47. The third-order valence-electron chi connectivity index (χ3n) is 3.04. The Kier molecular flexibility index (Phi) is 3.67. The summed E-state index contributed by atoms with van der Waals surface area (Å²) < 4.78 is 2.51. The first kappa shape index (κ1) is 13.1. The van der Waals surface area contributed by atoms with Crippen LogP contribution in [-0.2, 0) is 0 Å². The van der Waals surface area contributed by atoms with Crippen molar-refractivity contribution in [1.29, 1.82) is 0 Å². The maximum absolute atomic E-state index is 5.19. The van der Waals surface area contributed by atoms with E-state index in [9.17, 15) is 0 Å². The standard InChI is InChI=1S/C16H12N2S2/c19-16(20)15-17-11-14(12-7-3-1-4-8-12)18(15)13-9-5-2-6-10-13/h1-11H,(H,19,20). The largest absolute Gasteiger partial charge is 0.291 e. The van der Waals surface area contributed by atoms with Gasteiger partial charge in [-0.15, -0.1) is 12.6 Å². The van der Waals surface area contributed by atoms with Crippen molar-refractivity contribution in [3.05, 3.63) is 72.7 Å². The van der Waals surface area contributed by atoms with Gasteiger partial charge < -0.3 is 0 Å². The van der Waals surface area contributed by atoms with E-state index in [1.807, 2.05) is 59.3 Å². The summed E-state index contributed by atoms with van der Waals surface area (Å²) in [6, 6.07) is 20.2. The number of hydrogen-bond donors (Lipinski definition) is 1. The minimum absolute atomic E-state index is 0.482. The molecule has 0 aliphatic rings. The molecule has 1 heterocycles. The van der Waals surface area contributed by atoms with Crippen molar-refractivity contribution in [3.8, 4) is 16.9 Å². The molecule has 0 amide bonds. The topological polar surface area (TPSA) is 17.8 Å². The molecule has 0 aliphatic carbocycles. The average molecular weight is 296 g/mol. The summed E-state index contributed by atoms with van der Waals surface area (Å²) in [6.07, 6.45) is 1.83. The van der Waals surface area contributed by atoms with E-state index in [0.717, 1.165) is 16.9 Å². The Morgan fingerprint density at radius 2 is 1.55 bits per heavy atom. The van der Waals surface area contributed by atoms with Crippen LogP contribution >= 0.6 is 24.8 Å². The Morgan fingerprint density at radius 1 is 0.950 bits per heavy atom. The predicted molar refractivity (Wildman–Crippen MR) is 89.7 cm³/mol. The molecule has 0 N–H and O–H groups in total. The number of rotatable bonds is 3. The summed E-state index contributed by atoms with van der Waals surface area (Å²) in [5.41, 5.74) is 3.12. The summed E-state index contributed by atoms with van der Waals surface area (Å²) in [7, 11) is 0. The monoisotopic (exact) mass is 296 g/mol. The Balaban J connectivity index is 2.25. The number of para-hydroxylation sites is 1. The lowest BCUT2D eigenvalue weighted by Crippen LogP contribution is -2.05. The van der Waals surface area contributed by atoms with Gasteiger partial charge in [0.15, 0.2) is 5.82 Å². The number of thiocarbonyl (C=S) groups is 1. The van der Waals surface area contributed by atoms with Crippen LogP contribution in [0.5, 0.6) is 0 Å². The highest BCUT2D eigenvalue weighted by molar-refractivity contribution is 8.11. The minimum atomic E-state index is 0.482. The average Bonchev–Trinajstić information content (AvgIpc) is 2.94. The summed E-state index contributed by atoms with van der Waals surface area (Å²) in [5.74, 6) is 0.688. The second-order valence-electron chi connectivity index (χ2n) is 4.31. The predicted octanol–water partition coefficient (Wildman–Crippen LogP) is 4.14. The minimum Gasteiger partial charge on any atom is -0.291 e. The van der Waals surface area contributed by atoms with E-state index in [4.69, 9.17) is 12.2 Å². The molecule has 98 valence electrons. The van der Waals surface area contributed by atoms with Crippen LogP contribution in [0.3, 0.4) is 0 Å². The van der Waals surface area contributed by atoms with Gasteiger partial charge >= 0.3 is 0 Å². The normalized spacial score (nSPS) is 10.4. The molecule has 3 aromatic rings. The van der Waals surface area contributed by atoms with Crippen LogP contribution in [0.15, 0.2) is 66.9 Å². The molecule has 4 heteroatoms. The molecule has 1 aromatic heterocycles. The zero-order valence-electron chi connectivity index (χ0n) is 10.6. The van der Waals surface area contributed by atoms with E-state index >= 15 is 0 Å². The molecule has 0 saturated heterocycles. The van der Waals surface area contributed by atoms with Gasteiger partial charge in [0.25, 0.3) is 0 Å². The number of aromatic nitrogens is 2. The number of nitrogens with zero attached hydrogens (tertiary/aromatic N) is 2. The lowest BCUT2D eigenvalue weighted by atomic mass is 10.1. The van der Waals surface area contributed by atoms with Crippen LogP contribution in [-0.4, -0.2) is 13.7 Å². The summed E-state index contributed by atoms with van der Waals surface area (Å²) in [5, 5.41) is 0. The number of thiol groups is 1. The fourth-order valence-electron chi connectivity index (χ4n) is 2.15. The molecule has 0 spiro atoms. The Labute approximate surface area is 128 Å². The molecule has 0 radical (unpaired) electrons. The van der Waals surface area contributed by atoms with E-state index < -0.39 is 0 Å². The van der Waals surface area contributed by atoms with Gasteiger partial charge in [-0.05, 0) is 12.1 Å². The zero-order valence-corrected chi connectivity index (χ0v) is 12.3. The Hall–Kier alpha value is -1.91. The van der Waals surface area contributed by atoms with Crippen LogP contribution in [0.4, 0.5) is 0 Å². The van der Waals surface area contributed by atoms with E-state index in [1.165, 1.54) is 0 Å². The SMILES string of the molecule is S=C(S)c1ncc(-c2ccccc2)n1-c1ccccc1. The van der Waals surface area contributed by atoms with E-state index in [0.29, 0.717) is 10.0 Å². The molecule has 0 unspecified atom stereocenters. The fraction of sp³-hybridized carbons (Fsp3) is 0. The van der Waals surface area contributed by atoms with E-state index in [-0.39, 0.29) is 0 Å². The zero-order chi connectivity index (χ0) is 13.9. The lowest BCUT2D eigenvalue weighted by Gasteiger charge is -2.11. The summed E-state index contributed by atoms with van der Waals surface area (Å²) in [6.45, 7) is 0. The first-order valence-corrected chi connectivity index (χ1v) is 7.05. The molecule has 3 rings (SSSR count). The third-order valence-corrected chi connectivity index (χ3v) is 3.42. The molecular formula is C16H12N2S2. The van der Waals surface area contributed by atoms with Gasteiger partial charge in [0.1, 0.15) is 4.20 Å². The number of imidazole rings is 1. The molecular weight excluding hydrogens is 284 g/mol. The van der Waals surface area contributed by atoms with Crippen molar-refractivity contribution in [2.75, 3.05) is 0 Å². The van der Waals surface area contributed by atoms with Crippen molar-refractivity contribution in [2.45, 2.75) is 0 Å². The van der Waals surface area contributed by atoms with Gasteiger partial charge in [-0.3, -0.25) is 4.57 Å². The lowest BCUT2D eigenvalue weighted by molar-refractivity contribution is 1.05. The van der Waals surface area contributed by atoms with Gasteiger partial charge in [0, 0.05) is 11.3 Å². The van der Waals surface area contributed by atoms with E-state index in [1.54, 1.807) is 0 Å². The quantitative estimate of drug-likeness (QED) is 0.578. The van der Waals surface area contributed by atoms with Crippen molar-refractivity contribution in [2.24, 2.45) is 0 Å². The smallest absolute Gasteiger partial charge is 0.162 e. The van der Waals surface area contributed by atoms with Gasteiger partial charge in [0.2, 0.25) is 0 Å². The van der Waals surface area contributed by atoms with Crippen LogP contribution in [0, 0.1) is 0 Å². The Bertz CT molecular complexity index is 734. The molecule has 0 fully saturated rings. The maximum atomic E-state index is 5.19. The number of hydrogen-bond acceptors (Lipinski definition) is 2. The third kappa shape index (κ3) is 2.40. The maximum Gasteiger partial charge on any atom is 0.162 e. The Morgan fingerprint density at radius 3 is 2.15 bits per heavy atom. The van der Waals surface area contributed by atoms with Gasteiger partial charge in [-0.1, -0.05) is 60.7 Å². The molecule has 0 saturated carbocycles. The number of benzene rings is 2. The van der Waals surface area contributed by atoms with E-state index in [2.05, 4.69) is 29.7 Å². The van der Waals surface area contributed by atoms with Crippen LogP contribution in [0.1, 0.15) is 5.82 Å². The highest BCUT2D eigenvalue weighted by Gasteiger charge is 2.14. The van der Waals surface area contributed by atoms with Gasteiger partial charge in [-0.2, -0.15) is 0 Å². The van der Waals surface area contributed by atoms with Gasteiger partial charge in [0.05, 0.1) is 11.9 Å². The van der Waals surface area contributed by atoms with Crippen molar-refractivity contribution in [1.82, 2.24) is 9.55 Å². The molecule has 0 atom stereocenters. The molecule has 2 nitrogen and oxygen atoms in total. The fourth-order valence-corrected chi connectivity index (χ4v) is 2.46.